The molecule has 4 rings (SSSR count). The molecule has 0 radical (unpaired) electrons. The fourth-order valence-electron chi connectivity index (χ4n) is 5.07. The maximum absolute atomic E-state index is 13.4. The van der Waals surface area contributed by atoms with E-state index in [0.29, 0.717) is 40.7 Å². The van der Waals surface area contributed by atoms with Gasteiger partial charge in [-0.15, -0.1) is 0 Å². The summed E-state index contributed by atoms with van der Waals surface area (Å²) >= 11 is 0. The summed E-state index contributed by atoms with van der Waals surface area (Å²) in [5, 5.41) is 7.49. The summed E-state index contributed by atoms with van der Waals surface area (Å²) in [5.74, 6) is -0.504. The highest BCUT2D eigenvalue weighted by Gasteiger charge is 2.38. The molecule has 2 aromatic carbocycles. The number of anilines is 1. The van der Waals surface area contributed by atoms with Gasteiger partial charge in [-0.1, -0.05) is 12.1 Å². The molecule has 2 amide bonds. The molecule has 1 saturated heterocycles. The van der Waals surface area contributed by atoms with E-state index in [1.165, 1.54) is 6.20 Å². The molecule has 1 unspecified atom stereocenters. The molecule has 3 aromatic rings. The highest BCUT2D eigenvalue weighted by molar-refractivity contribution is 5.93. The molecule has 1 aromatic heterocycles. The highest BCUT2D eigenvalue weighted by atomic mass is 16.6. The largest absolute Gasteiger partial charge is 0.462 e. The van der Waals surface area contributed by atoms with Crippen molar-refractivity contribution in [2.75, 3.05) is 18.5 Å². The van der Waals surface area contributed by atoms with E-state index < -0.39 is 47.6 Å². The number of piperidine rings is 1. The quantitative estimate of drug-likeness (QED) is 0.226. The van der Waals surface area contributed by atoms with Gasteiger partial charge in [0.1, 0.15) is 17.3 Å². The van der Waals surface area contributed by atoms with Gasteiger partial charge in [0.2, 0.25) is 0 Å². The van der Waals surface area contributed by atoms with Gasteiger partial charge in [0.25, 0.3) is 0 Å². The van der Waals surface area contributed by atoms with Gasteiger partial charge in [0.05, 0.1) is 29.9 Å². The number of aromatic nitrogens is 2. The minimum Gasteiger partial charge on any atom is -0.462 e. The number of esters is 1. The predicted octanol–water partition coefficient (Wildman–Crippen LogP) is 7.08. The third kappa shape index (κ3) is 8.74. The standard InChI is InChI=1S/C33H42N4O8/c1-8-42-28(38)22-13-11-12-21(18-22)27(26-14-9-10-17-36(26)30(40)44-32(2,3)4)43-29(39)35-24-15-16-25-23(19-24)20-34-37(25)31(41)45-33(5,6)7/h11-13,15-16,18-20,26-27H,8-10,14,17H2,1-7H3,(H,35,39)/t26-,27?/m0/s1. The SMILES string of the molecule is CCOC(=O)c1cccc(C(OC(=O)Nc2ccc3c(cnn3C(=O)OC(C)(C)C)c2)[C@@H]2CCCCN2C(=O)OC(C)(C)C)c1. The molecular formula is C33H42N4O8. The third-order valence-corrected chi connectivity index (χ3v) is 6.87. The van der Waals surface area contributed by atoms with Gasteiger partial charge >= 0.3 is 24.2 Å². The first-order valence-electron chi connectivity index (χ1n) is 15.1. The second-order valence-corrected chi connectivity index (χ2v) is 12.8. The van der Waals surface area contributed by atoms with E-state index >= 15 is 0 Å². The smallest absolute Gasteiger partial charge is 0.435 e. The van der Waals surface area contributed by atoms with Gasteiger partial charge in [-0.25, -0.2) is 19.2 Å². The summed E-state index contributed by atoms with van der Waals surface area (Å²) in [4.78, 5) is 53.4. The fourth-order valence-corrected chi connectivity index (χ4v) is 5.07. The Kier molecular flexibility index (Phi) is 10.0. The van der Waals surface area contributed by atoms with Crippen molar-refractivity contribution in [2.45, 2.75) is 91.1 Å². The Hall–Kier alpha value is -4.61. The van der Waals surface area contributed by atoms with Crippen molar-refractivity contribution in [3.63, 3.8) is 0 Å². The summed E-state index contributed by atoms with van der Waals surface area (Å²) in [6, 6.07) is 11.1. The molecule has 1 N–H and O–H groups in total. The van der Waals surface area contributed by atoms with Gasteiger partial charge < -0.3 is 23.8 Å². The van der Waals surface area contributed by atoms with Gasteiger partial charge in [0.15, 0.2) is 0 Å². The average Bonchev–Trinajstić information content (AvgIpc) is 3.38. The number of hydrogen-bond acceptors (Lipinski definition) is 9. The number of likely N-dealkylation sites (tertiary alicyclic amines) is 1. The highest BCUT2D eigenvalue weighted by Crippen LogP contribution is 2.34. The molecule has 45 heavy (non-hydrogen) atoms. The van der Waals surface area contributed by atoms with E-state index in [9.17, 15) is 19.2 Å². The van der Waals surface area contributed by atoms with E-state index in [4.69, 9.17) is 18.9 Å². The fraction of sp³-hybridized carbons (Fsp3) is 0.485. The number of benzene rings is 2. The summed E-state index contributed by atoms with van der Waals surface area (Å²) in [6.45, 7) is 13.0. The predicted molar refractivity (Wildman–Crippen MR) is 167 cm³/mol. The van der Waals surface area contributed by atoms with Crippen LogP contribution < -0.4 is 5.32 Å². The van der Waals surface area contributed by atoms with Gasteiger partial charge in [-0.3, -0.25) is 5.32 Å². The summed E-state index contributed by atoms with van der Waals surface area (Å²) in [5.41, 5.74) is 0.340. The van der Waals surface area contributed by atoms with Crippen LogP contribution in [-0.2, 0) is 18.9 Å². The molecule has 0 aliphatic carbocycles. The van der Waals surface area contributed by atoms with E-state index in [1.54, 1.807) is 95.8 Å². The molecule has 0 saturated carbocycles. The first-order valence-corrected chi connectivity index (χ1v) is 15.1. The maximum Gasteiger partial charge on any atom is 0.435 e. The minimum atomic E-state index is -0.925. The lowest BCUT2D eigenvalue weighted by Gasteiger charge is -2.40. The molecule has 1 aliphatic rings. The van der Waals surface area contributed by atoms with Gasteiger partial charge in [-0.05, 0) is 104 Å². The Labute approximate surface area is 262 Å². The van der Waals surface area contributed by atoms with Crippen molar-refractivity contribution in [1.29, 1.82) is 0 Å². The Balaban J connectivity index is 1.61. The van der Waals surface area contributed by atoms with Crippen molar-refractivity contribution in [1.82, 2.24) is 14.7 Å². The number of fused-ring (bicyclic) bond motifs is 1. The van der Waals surface area contributed by atoms with E-state index in [1.807, 2.05) is 0 Å². The normalized spacial score (nSPS) is 16.1. The summed E-state index contributed by atoms with van der Waals surface area (Å²) in [6.07, 6.45) is 0.816. The van der Waals surface area contributed by atoms with Crippen LogP contribution in [0.1, 0.15) is 89.8 Å². The summed E-state index contributed by atoms with van der Waals surface area (Å²) in [7, 11) is 0. The van der Waals surface area contributed by atoms with Crippen LogP contribution >= 0.6 is 0 Å². The topological polar surface area (TPSA) is 138 Å². The lowest BCUT2D eigenvalue weighted by Crippen LogP contribution is -2.49. The first kappa shape index (κ1) is 33.3. The molecule has 0 bridgehead atoms. The van der Waals surface area contributed by atoms with Crippen LogP contribution in [0.4, 0.5) is 20.1 Å². The zero-order valence-electron chi connectivity index (χ0n) is 26.9. The molecule has 2 atom stereocenters. The van der Waals surface area contributed by atoms with Crippen LogP contribution in [0.15, 0.2) is 48.7 Å². The van der Waals surface area contributed by atoms with Crippen molar-refractivity contribution in [3.05, 3.63) is 59.8 Å². The number of amides is 2. The van der Waals surface area contributed by atoms with Crippen LogP contribution in [-0.4, -0.2) is 69.3 Å². The number of nitrogens with one attached hydrogen (secondary N) is 1. The number of ether oxygens (including phenoxy) is 4. The second-order valence-electron chi connectivity index (χ2n) is 12.8. The number of rotatable bonds is 6. The van der Waals surface area contributed by atoms with Gasteiger partial charge in [-0.2, -0.15) is 9.78 Å². The molecular weight excluding hydrogens is 580 g/mol. The number of nitrogens with zero attached hydrogens (tertiary/aromatic N) is 3. The van der Waals surface area contributed by atoms with Crippen molar-refractivity contribution in [2.24, 2.45) is 0 Å². The van der Waals surface area contributed by atoms with Crippen LogP contribution in [0.3, 0.4) is 0 Å². The van der Waals surface area contributed by atoms with E-state index in [0.717, 1.165) is 17.5 Å². The Morgan fingerprint density at radius 2 is 1.67 bits per heavy atom. The molecule has 1 aliphatic heterocycles. The Bertz CT molecular complexity index is 1550. The molecule has 2 heterocycles. The average molecular weight is 623 g/mol. The minimum absolute atomic E-state index is 0.210. The van der Waals surface area contributed by atoms with Crippen LogP contribution in [0.25, 0.3) is 10.9 Å². The maximum atomic E-state index is 13.4. The molecule has 12 nitrogen and oxygen atoms in total. The van der Waals surface area contributed by atoms with E-state index in [-0.39, 0.29) is 6.61 Å². The van der Waals surface area contributed by atoms with Crippen molar-refractivity contribution < 1.29 is 38.1 Å². The van der Waals surface area contributed by atoms with Gasteiger partial charge in [0, 0.05) is 17.6 Å². The van der Waals surface area contributed by atoms with Crippen LogP contribution in [0.5, 0.6) is 0 Å². The zero-order chi connectivity index (χ0) is 32.9. The molecule has 12 heteroatoms. The zero-order valence-corrected chi connectivity index (χ0v) is 26.9. The second kappa shape index (κ2) is 13.6. The third-order valence-electron chi connectivity index (χ3n) is 6.87. The van der Waals surface area contributed by atoms with Crippen molar-refractivity contribution in [3.8, 4) is 0 Å². The number of hydrogen-bond donors (Lipinski definition) is 1. The monoisotopic (exact) mass is 622 g/mol. The van der Waals surface area contributed by atoms with Crippen LogP contribution in [0.2, 0.25) is 0 Å². The molecule has 242 valence electrons. The Morgan fingerprint density at radius 3 is 2.36 bits per heavy atom. The molecule has 0 spiro atoms. The number of carbonyl (C=O) groups excluding carboxylic acids is 4. The lowest BCUT2D eigenvalue weighted by atomic mass is 9.92. The van der Waals surface area contributed by atoms with Crippen molar-refractivity contribution >= 4 is 40.8 Å². The number of carbonyl (C=O) groups is 4. The lowest BCUT2D eigenvalue weighted by molar-refractivity contribution is -0.0200. The first-order chi connectivity index (χ1) is 21.1. The summed E-state index contributed by atoms with van der Waals surface area (Å²) < 4.78 is 23.5. The van der Waals surface area contributed by atoms with E-state index in [2.05, 4.69) is 10.4 Å². The van der Waals surface area contributed by atoms with Crippen LogP contribution in [0, 0.1) is 0 Å². The Morgan fingerprint density at radius 1 is 0.956 bits per heavy atom. The molecule has 1 fully saturated rings.